The fourth-order valence-corrected chi connectivity index (χ4v) is 8.64. The Bertz CT molecular complexity index is 1890. The number of allylic oxidation sites excluding steroid dienone is 7. The fraction of sp³-hybridized carbons (Fsp3) is 0.700. The maximum atomic E-state index is 12.6. The number of hydrogen-bond donors (Lipinski definition) is 7. The van der Waals surface area contributed by atoms with Crippen LogP contribution >= 0.6 is 0 Å². The number of carbonyl (C=O) groups excluding carboxylic acids is 1. The van der Waals surface area contributed by atoms with Crippen molar-refractivity contribution in [1.82, 2.24) is 15.2 Å². The highest BCUT2D eigenvalue weighted by molar-refractivity contribution is 5.81. The predicted octanol–water partition coefficient (Wildman–Crippen LogP) is 4.57. The zero-order chi connectivity index (χ0) is 49.7. The first-order chi connectivity index (χ1) is 31.0. The molecule has 0 saturated carbocycles. The minimum absolute atomic E-state index is 0.0649. The second kappa shape index (κ2) is 25.7. The highest BCUT2D eigenvalue weighted by Gasteiger charge is 2.66. The molecule has 0 bridgehead atoms. The van der Waals surface area contributed by atoms with Crippen LogP contribution in [-0.2, 0) is 23.7 Å². The first-order valence-corrected chi connectivity index (χ1v) is 23.1. The number of carbonyl (C=O) groups is 1. The van der Waals surface area contributed by atoms with Gasteiger partial charge in [0.15, 0.2) is 17.8 Å². The van der Waals surface area contributed by atoms with Gasteiger partial charge in [-0.2, -0.15) is 5.26 Å². The molecular weight excluding hydrogens is 849 g/mol. The van der Waals surface area contributed by atoms with Crippen molar-refractivity contribution in [3.8, 4) is 6.07 Å². The Hall–Kier alpha value is -3.57. The third-order valence-corrected chi connectivity index (χ3v) is 13.8. The molecule has 0 aliphatic carbocycles. The molecule has 3 unspecified atom stereocenters. The second-order valence-electron chi connectivity index (χ2n) is 19.3. The number of aromatic nitrogens is 1. The molecule has 2 aliphatic rings. The van der Waals surface area contributed by atoms with Crippen LogP contribution in [0.1, 0.15) is 105 Å². The van der Waals surface area contributed by atoms with E-state index in [1.54, 1.807) is 32.0 Å². The topological polar surface area (TPSA) is 240 Å². The lowest BCUT2D eigenvalue weighted by Crippen LogP contribution is -2.58. The number of hydrogen-bond acceptors (Lipinski definition) is 15. The average molecular weight is 929 g/mol. The van der Waals surface area contributed by atoms with Gasteiger partial charge >= 0.3 is 0 Å². The number of likely N-dealkylation sites (N-methyl/N-ethyl adjacent to an activating group) is 1. The molecule has 2 aliphatic heterocycles. The van der Waals surface area contributed by atoms with Gasteiger partial charge in [0.1, 0.15) is 24.2 Å². The van der Waals surface area contributed by atoms with Crippen molar-refractivity contribution >= 4 is 12.0 Å². The summed E-state index contributed by atoms with van der Waals surface area (Å²) < 4.78 is 30.2. The molecule has 2 fully saturated rings. The molecule has 16 heteroatoms. The van der Waals surface area contributed by atoms with Gasteiger partial charge in [-0.1, -0.05) is 77.5 Å². The van der Waals surface area contributed by atoms with Gasteiger partial charge in [-0.25, -0.2) is 4.98 Å². The molecule has 3 heterocycles. The number of amides is 1. The zero-order valence-corrected chi connectivity index (χ0v) is 41.4. The molecule has 2 saturated heterocycles. The Morgan fingerprint density at radius 2 is 1.76 bits per heavy atom. The zero-order valence-electron chi connectivity index (χ0n) is 41.4. The van der Waals surface area contributed by atoms with Crippen molar-refractivity contribution in [3.63, 3.8) is 0 Å². The van der Waals surface area contributed by atoms with Crippen LogP contribution in [0.25, 0.3) is 6.08 Å². The number of nitrogens with one attached hydrogen (secondary N) is 1. The lowest BCUT2D eigenvalue weighted by Gasteiger charge is -2.49. The number of oxazole rings is 1. The van der Waals surface area contributed by atoms with Gasteiger partial charge in [-0.15, -0.1) is 0 Å². The number of rotatable bonds is 24. The van der Waals surface area contributed by atoms with Crippen LogP contribution in [0.5, 0.6) is 0 Å². The van der Waals surface area contributed by atoms with Crippen molar-refractivity contribution < 1.29 is 58.8 Å². The number of nitrogens with zero attached hydrogens (tertiary/aromatic N) is 3. The normalized spacial score (nSPS) is 28.3. The summed E-state index contributed by atoms with van der Waals surface area (Å²) in [6, 6.07) is 1.44. The molecule has 0 aromatic carbocycles. The van der Waals surface area contributed by atoms with Gasteiger partial charge in [0.05, 0.1) is 55.3 Å². The number of aliphatic hydroxyl groups excluding tert-OH is 6. The molecule has 1 spiro atoms. The number of ether oxygens (including phenoxy) is 4. The minimum Gasteiger partial charge on any atom is -0.448 e. The smallest absolute Gasteiger partial charge is 0.251 e. The summed E-state index contributed by atoms with van der Waals surface area (Å²) >= 11 is 0. The number of methoxy groups -OCH3 is 2. The van der Waals surface area contributed by atoms with E-state index in [-0.39, 0.29) is 43.7 Å². The molecule has 0 radical (unpaired) electrons. The van der Waals surface area contributed by atoms with Gasteiger partial charge in [0, 0.05) is 68.8 Å². The van der Waals surface area contributed by atoms with Crippen LogP contribution in [0.3, 0.4) is 0 Å². The predicted molar refractivity (Wildman–Crippen MR) is 251 cm³/mol. The molecule has 16 nitrogen and oxygen atoms in total. The SMILES string of the molecule is COC[C@@H]([C@H](O)[C@H](O)C(=O)NCC[C@H](C)c1nc(/C=C/CC2OC3(C[C@@H](O)[C@@H]2C)O[C@H](C(C[C@H](O)[C@H](C)[C@H](O)[C@H](C)/C=C(C)/C(C)=C/C=C/C(C)=C\C#N)OC)[C@H](O)C3(C)C)co1)N(C)C. The summed E-state index contributed by atoms with van der Waals surface area (Å²) in [5.74, 6) is -2.91. The Morgan fingerprint density at radius 3 is 2.38 bits per heavy atom. The first-order valence-electron chi connectivity index (χ1n) is 23.1. The van der Waals surface area contributed by atoms with E-state index in [9.17, 15) is 35.4 Å². The van der Waals surface area contributed by atoms with Crippen LogP contribution in [0.15, 0.2) is 63.9 Å². The van der Waals surface area contributed by atoms with Crippen molar-refractivity contribution in [3.05, 3.63) is 71.0 Å². The van der Waals surface area contributed by atoms with Crippen molar-refractivity contribution in [2.45, 2.75) is 161 Å². The minimum atomic E-state index is -1.63. The average Bonchev–Trinajstić information content (AvgIpc) is 3.81. The molecular formula is C50H80N4O12. The van der Waals surface area contributed by atoms with Crippen LogP contribution in [0.4, 0.5) is 0 Å². The van der Waals surface area contributed by atoms with Gasteiger partial charge in [-0.05, 0) is 64.9 Å². The van der Waals surface area contributed by atoms with E-state index >= 15 is 0 Å². The second-order valence-corrected chi connectivity index (χ2v) is 19.3. The molecule has 1 aromatic heterocycles. The lowest BCUT2D eigenvalue weighted by atomic mass is 9.72. The monoisotopic (exact) mass is 929 g/mol. The maximum Gasteiger partial charge on any atom is 0.251 e. The third kappa shape index (κ3) is 14.5. The number of nitriles is 1. The quantitative estimate of drug-likeness (QED) is 0.0555. The van der Waals surface area contributed by atoms with Gasteiger partial charge < -0.3 is 64.2 Å². The molecule has 1 amide bonds. The summed E-state index contributed by atoms with van der Waals surface area (Å²) in [5, 5.41) is 78.6. The summed E-state index contributed by atoms with van der Waals surface area (Å²) in [7, 11) is 6.43. The van der Waals surface area contributed by atoms with Gasteiger partial charge in [0.25, 0.3) is 5.91 Å². The van der Waals surface area contributed by atoms with E-state index in [4.69, 9.17) is 28.6 Å². The molecule has 66 heavy (non-hydrogen) atoms. The van der Waals surface area contributed by atoms with Crippen molar-refractivity contribution in [2.75, 3.05) is 41.5 Å². The third-order valence-electron chi connectivity index (χ3n) is 13.8. The van der Waals surface area contributed by atoms with E-state index in [0.29, 0.717) is 24.4 Å². The Morgan fingerprint density at radius 1 is 1.08 bits per heavy atom. The number of aliphatic hydroxyl groups is 6. The molecule has 3 rings (SSSR count). The fourth-order valence-electron chi connectivity index (χ4n) is 8.64. The van der Waals surface area contributed by atoms with E-state index in [1.165, 1.54) is 26.6 Å². The van der Waals surface area contributed by atoms with E-state index in [1.807, 2.05) is 91.8 Å². The highest BCUT2D eigenvalue weighted by atomic mass is 16.7. The summed E-state index contributed by atoms with van der Waals surface area (Å²) in [6.45, 7) is 17.3. The maximum absolute atomic E-state index is 12.6. The summed E-state index contributed by atoms with van der Waals surface area (Å²) in [5.41, 5.74) is 2.38. The van der Waals surface area contributed by atoms with E-state index < -0.39 is 84.0 Å². The Balaban J connectivity index is 1.63. The van der Waals surface area contributed by atoms with Crippen LogP contribution in [-0.4, -0.2) is 155 Å². The van der Waals surface area contributed by atoms with Gasteiger partial charge in [0.2, 0.25) is 0 Å². The molecule has 7 N–H and O–H groups in total. The lowest BCUT2D eigenvalue weighted by molar-refractivity contribution is -0.334. The summed E-state index contributed by atoms with van der Waals surface area (Å²) in [4.78, 5) is 18.9. The molecule has 1 aromatic rings. The standard InChI is InChI=1S/C50H80N4O12/c1-29(20-22-51)16-14-17-30(2)32(4)24-33(5)42(57)35(7)38(55)25-41(63-13)45-46(60)49(8,9)50(66-45)26-39(56)34(6)40(65-50)19-15-18-36-27-64-48(53-36)31(3)21-23-52-47(61)44(59)43(58)37(28-62-12)54(10)11/h14-18,20,24,27,31,33-35,37-46,55-60H,19,21,23,25-26,28H2,1-13H3,(H,52,61)/b16-14+,18-15+,29-20-,30-17+,32-24+/t31-,33+,34-,35-,37-,38-,39+,40?,41?,42+,43-,44-,45+,46-,50?/m0/s1. The first kappa shape index (κ1) is 56.8. The Labute approximate surface area is 392 Å². The van der Waals surface area contributed by atoms with Crippen molar-refractivity contribution in [1.29, 1.82) is 5.26 Å². The molecule has 372 valence electrons. The van der Waals surface area contributed by atoms with Crippen LogP contribution in [0.2, 0.25) is 0 Å². The van der Waals surface area contributed by atoms with E-state index in [2.05, 4.69) is 10.3 Å². The van der Waals surface area contributed by atoms with Crippen LogP contribution < -0.4 is 5.32 Å². The summed E-state index contributed by atoms with van der Waals surface area (Å²) in [6.07, 6.45) is 6.39. The largest absolute Gasteiger partial charge is 0.448 e. The van der Waals surface area contributed by atoms with E-state index in [0.717, 1.165) is 16.7 Å². The Kier molecular flexibility index (Phi) is 22.1. The van der Waals surface area contributed by atoms with Gasteiger partial charge in [-0.3, -0.25) is 4.79 Å². The highest BCUT2D eigenvalue weighted by Crippen LogP contribution is 2.55. The van der Waals surface area contributed by atoms with Crippen LogP contribution in [0, 0.1) is 34.5 Å². The van der Waals surface area contributed by atoms with Crippen molar-refractivity contribution in [2.24, 2.45) is 23.2 Å². The molecule has 15 atom stereocenters.